The Morgan fingerprint density at radius 2 is 1.34 bits per heavy atom. The lowest BCUT2D eigenvalue weighted by atomic mass is 9.66. The molecule has 1 aliphatic carbocycles. The van der Waals surface area contributed by atoms with E-state index in [2.05, 4.69) is 52.6 Å². The van der Waals surface area contributed by atoms with E-state index in [0.29, 0.717) is 5.92 Å². The third kappa shape index (κ3) is 5.55. The van der Waals surface area contributed by atoms with Crippen molar-refractivity contribution in [3.8, 4) is 11.5 Å². The Balaban J connectivity index is 2.05. The monoisotopic (exact) mass is 560 g/mol. The van der Waals surface area contributed by atoms with E-state index >= 15 is 0 Å². The van der Waals surface area contributed by atoms with Gasteiger partial charge in [-0.15, -0.1) is 0 Å². The molecule has 170 valence electrons. The molecule has 2 aromatic carbocycles. The van der Waals surface area contributed by atoms with Gasteiger partial charge in [-0.3, -0.25) is 4.79 Å². The molecule has 0 aliphatic heterocycles. The second kappa shape index (κ2) is 10.4. The van der Waals surface area contributed by atoms with E-state index in [0.717, 1.165) is 62.0 Å². The maximum absolute atomic E-state index is 13.5. The first-order valence-electron chi connectivity index (χ1n) is 10.8. The topological polar surface area (TPSA) is 35.5 Å². The minimum absolute atomic E-state index is 0.122. The van der Waals surface area contributed by atoms with Crippen molar-refractivity contribution in [2.45, 2.75) is 40.0 Å². The van der Waals surface area contributed by atoms with Crippen LogP contribution in [0.1, 0.15) is 51.2 Å². The van der Waals surface area contributed by atoms with E-state index < -0.39 is 0 Å². The Kier molecular flexibility index (Phi) is 8.05. The lowest BCUT2D eigenvalue weighted by Crippen LogP contribution is -2.30. The van der Waals surface area contributed by atoms with Crippen LogP contribution < -0.4 is 9.47 Å². The number of halogens is 2. The van der Waals surface area contributed by atoms with Gasteiger partial charge in [0.15, 0.2) is 5.78 Å². The van der Waals surface area contributed by atoms with Crippen molar-refractivity contribution >= 4 is 49.8 Å². The first kappa shape index (κ1) is 24.8. The fourth-order valence-electron chi connectivity index (χ4n) is 4.02. The fraction of sp³-hybridized carbons (Fsp3) is 0.370. The van der Waals surface area contributed by atoms with Gasteiger partial charge < -0.3 is 9.47 Å². The molecule has 5 heteroatoms. The van der Waals surface area contributed by atoms with Crippen molar-refractivity contribution in [3.05, 3.63) is 67.6 Å². The summed E-state index contributed by atoms with van der Waals surface area (Å²) in [5.74, 6) is 2.02. The number of hydrogen-bond donors (Lipinski definition) is 0. The molecule has 0 N–H and O–H groups in total. The molecular weight excluding hydrogens is 532 g/mol. The predicted molar refractivity (Wildman–Crippen MR) is 139 cm³/mol. The van der Waals surface area contributed by atoms with Crippen LogP contribution in [-0.2, 0) is 4.79 Å². The fourth-order valence-corrected chi connectivity index (χ4v) is 4.84. The van der Waals surface area contributed by atoms with Gasteiger partial charge in [0, 0.05) is 11.1 Å². The quantitative estimate of drug-likeness (QED) is 0.334. The summed E-state index contributed by atoms with van der Waals surface area (Å²) in [7, 11) is 3.30. The molecule has 0 bridgehead atoms. The molecule has 1 aliphatic rings. The van der Waals surface area contributed by atoms with Gasteiger partial charge in [0.1, 0.15) is 11.5 Å². The number of ether oxygens (including phenoxy) is 2. The molecule has 0 aromatic heterocycles. The van der Waals surface area contributed by atoms with Crippen LogP contribution in [0, 0.1) is 11.3 Å². The Bertz CT molecular complexity index is 991. The average molecular weight is 562 g/mol. The van der Waals surface area contributed by atoms with Crippen LogP contribution in [0.4, 0.5) is 0 Å². The highest BCUT2D eigenvalue weighted by Crippen LogP contribution is 2.44. The molecule has 0 atom stereocenters. The van der Waals surface area contributed by atoms with E-state index in [4.69, 9.17) is 9.47 Å². The van der Waals surface area contributed by atoms with Crippen LogP contribution in [0.15, 0.2) is 56.5 Å². The highest BCUT2D eigenvalue weighted by molar-refractivity contribution is 9.10. The Hall–Kier alpha value is -1.85. The number of methoxy groups -OCH3 is 2. The van der Waals surface area contributed by atoms with Crippen LogP contribution in [0.2, 0.25) is 0 Å². The molecule has 3 nitrogen and oxygen atoms in total. The second-order valence-corrected chi connectivity index (χ2v) is 10.6. The summed E-state index contributed by atoms with van der Waals surface area (Å²) in [6.45, 7) is 6.82. The highest BCUT2D eigenvalue weighted by Gasteiger charge is 2.36. The predicted octanol–water partition coefficient (Wildman–Crippen LogP) is 8.11. The first-order valence-corrected chi connectivity index (χ1v) is 12.4. The van der Waals surface area contributed by atoms with Crippen molar-refractivity contribution in [1.82, 2.24) is 0 Å². The van der Waals surface area contributed by atoms with Gasteiger partial charge in [-0.05, 0) is 104 Å². The minimum atomic E-state index is 0.122. The summed E-state index contributed by atoms with van der Waals surface area (Å²) in [5.41, 5.74) is 3.76. The van der Waals surface area contributed by atoms with Crippen LogP contribution in [-0.4, -0.2) is 20.0 Å². The summed E-state index contributed by atoms with van der Waals surface area (Å²) >= 11 is 7.00. The number of carbonyl (C=O) groups is 1. The zero-order valence-corrected chi connectivity index (χ0v) is 22.5. The minimum Gasteiger partial charge on any atom is -0.496 e. The number of Topliss-reactive ketones (excluding diaryl/α,β-unsaturated/α-hetero) is 1. The average Bonchev–Trinajstić information content (AvgIpc) is 2.78. The Morgan fingerprint density at radius 1 is 0.906 bits per heavy atom. The molecule has 1 fully saturated rings. The van der Waals surface area contributed by atoms with Gasteiger partial charge >= 0.3 is 0 Å². The van der Waals surface area contributed by atoms with Crippen LogP contribution >= 0.6 is 31.9 Å². The third-order valence-corrected chi connectivity index (χ3v) is 7.87. The third-order valence-electron chi connectivity index (χ3n) is 6.56. The maximum Gasteiger partial charge on any atom is 0.185 e. The summed E-state index contributed by atoms with van der Waals surface area (Å²) in [4.78, 5) is 13.5. The Morgan fingerprint density at radius 3 is 1.72 bits per heavy atom. The molecule has 0 amide bonds. The number of carbonyl (C=O) groups excluding carboxylic acids is 1. The number of hydrogen-bond acceptors (Lipinski definition) is 3. The highest BCUT2D eigenvalue weighted by atomic mass is 79.9. The Labute approximate surface area is 208 Å². The van der Waals surface area contributed by atoms with Gasteiger partial charge in [-0.2, -0.15) is 0 Å². The van der Waals surface area contributed by atoms with Crippen molar-refractivity contribution in [2.24, 2.45) is 11.3 Å². The zero-order valence-electron chi connectivity index (χ0n) is 19.3. The van der Waals surface area contributed by atoms with Crippen molar-refractivity contribution in [3.63, 3.8) is 0 Å². The van der Waals surface area contributed by atoms with Crippen molar-refractivity contribution in [2.75, 3.05) is 14.2 Å². The second-order valence-electron chi connectivity index (χ2n) is 8.90. The summed E-state index contributed by atoms with van der Waals surface area (Å²) < 4.78 is 12.7. The molecule has 0 unspecified atom stereocenters. The van der Waals surface area contributed by atoms with Crippen LogP contribution in [0.5, 0.6) is 11.5 Å². The van der Waals surface area contributed by atoms with E-state index in [1.807, 2.05) is 48.6 Å². The molecule has 2 aromatic rings. The van der Waals surface area contributed by atoms with Crippen molar-refractivity contribution in [1.29, 1.82) is 0 Å². The number of allylic oxidation sites excluding steroid dienone is 2. The smallest absolute Gasteiger partial charge is 0.185 e. The molecule has 1 saturated carbocycles. The lowest BCUT2D eigenvalue weighted by molar-refractivity contribution is -0.113. The van der Waals surface area contributed by atoms with Gasteiger partial charge in [-0.1, -0.05) is 39.3 Å². The molecule has 0 heterocycles. The molecular formula is C27H30Br2O3. The molecule has 0 spiro atoms. The summed E-state index contributed by atoms with van der Waals surface area (Å²) in [6.07, 6.45) is 6.65. The molecule has 32 heavy (non-hydrogen) atoms. The van der Waals surface area contributed by atoms with E-state index in [9.17, 15) is 4.79 Å². The zero-order chi connectivity index (χ0) is 23.5. The molecule has 0 saturated heterocycles. The van der Waals surface area contributed by atoms with E-state index in [-0.39, 0.29) is 11.2 Å². The van der Waals surface area contributed by atoms with Crippen molar-refractivity contribution < 1.29 is 14.3 Å². The lowest BCUT2D eigenvalue weighted by Gasteiger charge is -2.38. The summed E-state index contributed by atoms with van der Waals surface area (Å²) in [5, 5.41) is 0. The number of ketones is 1. The molecule has 0 radical (unpaired) electrons. The van der Waals surface area contributed by atoms with Gasteiger partial charge in [0.2, 0.25) is 0 Å². The molecule has 3 rings (SSSR count). The SMILES string of the molecule is CCC(C)(C)C1C/C(=C\c2ccc(Br)c(OC)c2)C(=O)/C(=C/c2ccc(Br)c(OC)c2)C1. The standard InChI is InChI=1S/C27H30Br2O3/c1-6-27(2,3)21-15-19(11-17-7-9-22(28)24(13-17)31-4)26(30)20(16-21)12-18-8-10-23(29)25(14-18)32-5/h7-14,21H,6,15-16H2,1-5H3/b19-11+,20-12+. The largest absolute Gasteiger partial charge is 0.496 e. The number of benzene rings is 2. The van der Waals surface area contributed by atoms with Crippen LogP contribution in [0.3, 0.4) is 0 Å². The first-order chi connectivity index (χ1) is 15.2. The normalized spacial score (nSPS) is 19.5. The van der Waals surface area contributed by atoms with Gasteiger partial charge in [0.05, 0.1) is 23.2 Å². The van der Waals surface area contributed by atoms with Gasteiger partial charge in [-0.25, -0.2) is 0 Å². The maximum atomic E-state index is 13.5. The number of rotatable bonds is 6. The van der Waals surface area contributed by atoms with Crippen LogP contribution in [0.25, 0.3) is 12.2 Å². The van der Waals surface area contributed by atoms with E-state index in [1.165, 1.54) is 0 Å². The van der Waals surface area contributed by atoms with E-state index in [1.54, 1.807) is 14.2 Å². The van der Waals surface area contributed by atoms with Gasteiger partial charge in [0.25, 0.3) is 0 Å². The summed E-state index contributed by atoms with van der Waals surface area (Å²) in [6, 6.07) is 11.8.